The van der Waals surface area contributed by atoms with Crippen molar-refractivity contribution in [3.8, 4) is 5.75 Å². The van der Waals surface area contributed by atoms with Gasteiger partial charge < -0.3 is 10.4 Å². The van der Waals surface area contributed by atoms with Gasteiger partial charge in [0.25, 0.3) is 0 Å². The van der Waals surface area contributed by atoms with E-state index in [9.17, 15) is 9.90 Å². The maximum atomic E-state index is 11.7. The minimum Gasteiger partial charge on any atom is -0.506 e. The molecular weight excluding hydrogens is 202 g/mol. The SMILES string of the molecule is Cc1ccc(O)c(NC(=O)CC(C)(C)C)c1. The van der Waals surface area contributed by atoms with Gasteiger partial charge in [0, 0.05) is 6.42 Å². The molecule has 0 saturated carbocycles. The summed E-state index contributed by atoms with van der Waals surface area (Å²) < 4.78 is 0. The molecular formula is C13H19NO2. The van der Waals surface area contributed by atoms with Crippen molar-refractivity contribution in [2.24, 2.45) is 5.41 Å². The summed E-state index contributed by atoms with van der Waals surface area (Å²) in [6.07, 6.45) is 0.431. The third-order valence-electron chi connectivity index (χ3n) is 2.12. The Morgan fingerprint density at radius 2 is 2.00 bits per heavy atom. The Kier molecular flexibility index (Phi) is 3.58. The number of carbonyl (C=O) groups is 1. The second-order valence-corrected chi connectivity index (χ2v) is 5.31. The number of hydrogen-bond donors (Lipinski definition) is 2. The van der Waals surface area contributed by atoms with Crippen LogP contribution in [0.1, 0.15) is 32.8 Å². The Labute approximate surface area is 96.5 Å². The van der Waals surface area contributed by atoms with E-state index in [0.29, 0.717) is 12.1 Å². The predicted octanol–water partition coefficient (Wildman–Crippen LogP) is 3.08. The van der Waals surface area contributed by atoms with Crippen molar-refractivity contribution < 1.29 is 9.90 Å². The first-order valence-corrected chi connectivity index (χ1v) is 5.37. The van der Waals surface area contributed by atoms with E-state index in [-0.39, 0.29) is 17.1 Å². The van der Waals surface area contributed by atoms with Crippen LogP contribution in [-0.2, 0) is 4.79 Å². The lowest BCUT2D eigenvalue weighted by atomic mass is 9.92. The van der Waals surface area contributed by atoms with Gasteiger partial charge in [-0.25, -0.2) is 0 Å². The summed E-state index contributed by atoms with van der Waals surface area (Å²) in [4.78, 5) is 11.7. The normalized spacial score (nSPS) is 11.2. The van der Waals surface area contributed by atoms with Crippen LogP contribution < -0.4 is 5.32 Å². The molecule has 3 heteroatoms. The molecule has 0 atom stereocenters. The van der Waals surface area contributed by atoms with E-state index in [1.54, 1.807) is 18.2 Å². The van der Waals surface area contributed by atoms with Crippen molar-refractivity contribution in [3.63, 3.8) is 0 Å². The molecule has 0 aliphatic carbocycles. The molecule has 0 radical (unpaired) electrons. The smallest absolute Gasteiger partial charge is 0.224 e. The van der Waals surface area contributed by atoms with E-state index in [4.69, 9.17) is 0 Å². The van der Waals surface area contributed by atoms with Crippen LogP contribution in [0.15, 0.2) is 18.2 Å². The number of rotatable bonds is 2. The number of aryl methyl sites for hydroxylation is 1. The number of nitrogens with one attached hydrogen (secondary N) is 1. The van der Waals surface area contributed by atoms with Gasteiger partial charge in [-0.15, -0.1) is 0 Å². The largest absolute Gasteiger partial charge is 0.506 e. The summed E-state index contributed by atoms with van der Waals surface area (Å²) in [5.41, 5.74) is 1.43. The van der Waals surface area contributed by atoms with Gasteiger partial charge >= 0.3 is 0 Å². The Hall–Kier alpha value is -1.51. The van der Waals surface area contributed by atoms with E-state index in [1.807, 2.05) is 27.7 Å². The Bertz CT molecular complexity index is 391. The molecule has 1 aromatic carbocycles. The molecule has 0 aliphatic heterocycles. The molecule has 16 heavy (non-hydrogen) atoms. The maximum absolute atomic E-state index is 11.7. The zero-order chi connectivity index (χ0) is 12.3. The van der Waals surface area contributed by atoms with Crippen LogP contribution in [0.25, 0.3) is 0 Å². The molecule has 0 heterocycles. The van der Waals surface area contributed by atoms with Gasteiger partial charge in [-0.05, 0) is 30.0 Å². The molecule has 1 amide bonds. The van der Waals surface area contributed by atoms with Gasteiger partial charge in [0.05, 0.1) is 5.69 Å². The number of carbonyl (C=O) groups excluding carboxylic acids is 1. The van der Waals surface area contributed by atoms with Crippen LogP contribution in [-0.4, -0.2) is 11.0 Å². The molecule has 0 unspecified atom stereocenters. The number of amides is 1. The Balaban J connectivity index is 2.73. The molecule has 0 fully saturated rings. The zero-order valence-corrected chi connectivity index (χ0v) is 10.3. The molecule has 1 rings (SSSR count). The first-order chi connectivity index (χ1) is 7.28. The second-order valence-electron chi connectivity index (χ2n) is 5.31. The number of anilines is 1. The summed E-state index contributed by atoms with van der Waals surface area (Å²) in [5.74, 6) is 0.0289. The lowest BCUT2D eigenvalue weighted by Crippen LogP contribution is -2.19. The molecule has 2 N–H and O–H groups in total. The lowest BCUT2D eigenvalue weighted by Gasteiger charge is -2.17. The summed E-state index contributed by atoms with van der Waals surface area (Å²) in [5, 5.41) is 12.3. The summed E-state index contributed by atoms with van der Waals surface area (Å²) in [6.45, 7) is 7.92. The Morgan fingerprint density at radius 1 is 1.38 bits per heavy atom. The molecule has 0 saturated heterocycles. The monoisotopic (exact) mass is 221 g/mol. The third-order valence-corrected chi connectivity index (χ3v) is 2.12. The fourth-order valence-electron chi connectivity index (χ4n) is 1.43. The maximum Gasteiger partial charge on any atom is 0.224 e. The van der Waals surface area contributed by atoms with Crippen molar-refractivity contribution in [1.82, 2.24) is 0 Å². The lowest BCUT2D eigenvalue weighted by molar-refractivity contribution is -0.117. The van der Waals surface area contributed by atoms with Crippen molar-refractivity contribution in [2.45, 2.75) is 34.1 Å². The minimum absolute atomic E-state index is 0.0521. The van der Waals surface area contributed by atoms with Crippen LogP contribution in [0.5, 0.6) is 5.75 Å². The highest BCUT2D eigenvalue weighted by Crippen LogP contribution is 2.25. The van der Waals surface area contributed by atoms with Gasteiger partial charge in [0.15, 0.2) is 0 Å². The van der Waals surface area contributed by atoms with Crippen molar-refractivity contribution in [1.29, 1.82) is 0 Å². The molecule has 1 aromatic rings. The first-order valence-electron chi connectivity index (χ1n) is 5.37. The topological polar surface area (TPSA) is 49.3 Å². The van der Waals surface area contributed by atoms with E-state index in [2.05, 4.69) is 5.32 Å². The van der Waals surface area contributed by atoms with Crippen LogP contribution in [0, 0.1) is 12.3 Å². The molecule has 88 valence electrons. The van der Waals surface area contributed by atoms with Gasteiger partial charge in [-0.2, -0.15) is 0 Å². The molecule has 0 spiro atoms. The van der Waals surface area contributed by atoms with Crippen LogP contribution in [0.2, 0.25) is 0 Å². The van der Waals surface area contributed by atoms with Gasteiger partial charge in [0.2, 0.25) is 5.91 Å². The number of phenols is 1. The molecule has 3 nitrogen and oxygen atoms in total. The Morgan fingerprint density at radius 3 is 2.56 bits per heavy atom. The fraction of sp³-hybridized carbons (Fsp3) is 0.462. The molecule has 0 aromatic heterocycles. The van der Waals surface area contributed by atoms with Crippen LogP contribution >= 0.6 is 0 Å². The van der Waals surface area contributed by atoms with E-state index < -0.39 is 0 Å². The first kappa shape index (κ1) is 12.6. The van der Waals surface area contributed by atoms with Crippen LogP contribution in [0.3, 0.4) is 0 Å². The minimum atomic E-state index is -0.0756. The molecule has 0 aliphatic rings. The van der Waals surface area contributed by atoms with E-state index >= 15 is 0 Å². The predicted molar refractivity (Wildman–Crippen MR) is 65.5 cm³/mol. The second kappa shape index (κ2) is 4.56. The highest BCUT2D eigenvalue weighted by Gasteiger charge is 2.16. The van der Waals surface area contributed by atoms with Crippen molar-refractivity contribution in [2.75, 3.05) is 5.32 Å². The van der Waals surface area contributed by atoms with Crippen molar-refractivity contribution in [3.05, 3.63) is 23.8 Å². The third kappa shape index (κ3) is 3.93. The summed E-state index contributed by atoms with van der Waals surface area (Å²) >= 11 is 0. The van der Waals surface area contributed by atoms with E-state index in [0.717, 1.165) is 5.56 Å². The van der Waals surface area contributed by atoms with Crippen molar-refractivity contribution >= 4 is 11.6 Å². The fourth-order valence-corrected chi connectivity index (χ4v) is 1.43. The molecule has 0 bridgehead atoms. The average molecular weight is 221 g/mol. The van der Waals surface area contributed by atoms with Gasteiger partial charge in [-0.1, -0.05) is 26.8 Å². The highest BCUT2D eigenvalue weighted by atomic mass is 16.3. The van der Waals surface area contributed by atoms with Gasteiger partial charge in [0.1, 0.15) is 5.75 Å². The number of aromatic hydroxyl groups is 1. The van der Waals surface area contributed by atoms with Crippen LogP contribution in [0.4, 0.5) is 5.69 Å². The van der Waals surface area contributed by atoms with Gasteiger partial charge in [-0.3, -0.25) is 4.79 Å². The average Bonchev–Trinajstić information content (AvgIpc) is 2.08. The van der Waals surface area contributed by atoms with E-state index in [1.165, 1.54) is 0 Å². The number of phenolic OH excluding ortho intramolecular Hbond substituents is 1. The summed E-state index contributed by atoms with van der Waals surface area (Å²) in [6, 6.07) is 5.15. The highest BCUT2D eigenvalue weighted by molar-refractivity contribution is 5.92. The number of benzene rings is 1. The quantitative estimate of drug-likeness (QED) is 0.754. The summed E-state index contributed by atoms with van der Waals surface area (Å²) in [7, 11) is 0. The number of hydrogen-bond acceptors (Lipinski definition) is 2. The zero-order valence-electron chi connectivity index (χ0n) is 10.3. The standard InChI is InChI=1S/C13H19NO2/c1-9-5-6-11(15)10(7-9)14-12(16)8-13(2,3)4/h5-7,15H,8H2,1-4H3,(H,14,16).